The summed E-state index contributed by atoms with van der Waals surface area (Å²) in [5.41, 5.74) is 0. The second-order valence-corrected chi connectivity index (χ2v) is 3.94. The number of aliphatic carboxylic acids is 1. The molecule has 0 aliphatic heterocycles. The molecule has 2 N–H and O–H groups in total. The molecule has 2 saturated carbocycles. The van der Waals surface area contributed by atoms with E-state index in [0.29, 0.717) is 0 Å². The molecule has 0 aromatic rings. The summed E-state index contributed by atoms with van der Waals surface area (Å²) < 4.78 is 0. The average Bonchev–Trinajstić information content (AvgIpc) is 2.85. The lowest BCUT2D eigenvalue weighted by Gasteiger charge is -2.12. The second kappa shape index (κ2) is 3.01. The van der Waals surface area contributed by atoms with Crippen LogP contribution in [-0.2, 0) is 9.59 Å². The minimum absolute atomic E-state index is 0.0701. The van der Waals surface area contributed by atoms with Gasteiger partial charge in [0.15, 0.2) is 0 Å². The van der Waals surface area contributed by atoms with E-state index in [1.807, 2.05) is 0 Å². The molecule has 4 heteroatoms. The molecule has 72 valence electrons. The molecule has 0 aromatic heterocycles. The number of hydrogen-bond acceptors (Lipinski definition) is 2. The van der Waals surface area contributed by atoms with Crippen molar-refractivity contribution < 1.29 is 14.7 Å². The molecule has 0 radical (unpaired) electrons. The lowest BCUT2D eigenvalue weighted by molar-refractivity contribution is -0.142. The Hall–Kier alpha value is -1.06. The van der Waals surface area contributed by atoms with Crippen molar-refractivity contribution in [3.63, 3.8) is 0 Å². The zero-order chi connectivity index (χ0) is 9.42. The predicted octanol–water partition coefficient (Wildman–Crippen LogP) is 0.376. The van der Waals surface area contributed by atoms with E-state index >= 15 is 0 Å². The van der Waals surface area contributed by atoms with Gasteiger partial charge in [-0.1, -0.05) is 0 Å². The van der Waals surface area contributed by atoms with Crippen LogP contribution in [0.3, 0.4) is 0 Å². The van der Waals surface area contributed by atoms with Crippen molar-refractivity contribution in [3.05, 3.63) is 0 Å². The van der Waals surface area contributed by atoms with E-state index in [-0.39, 0.29) is 17.7 Å². The van der Waals surface area contributed by atoms with Crippen molar-refractivity contribution in [2.45, 2.75) is 31.7 Å². The second-order valence-electron chi connectivity index (χ2n) is 3.94. The number of carboxylic acid groups (broad SMARTS) is 1. The van der Waals surface area contributed by atoms with Crippen molar-refractivity contribution in [1.82, 2.24) is 5.32 Å². The van der Waals surface area contributed by atoms with Crippen LogP contribution < -0.4 is 5.32 Å². The third-order valence-corrected chi connectivity index (χ3v) is 2.61. The Morgan fingerprint density at radius 1 is 1.23 bits per heavy atom. The molecule has 0 heterocycles. The zero-order valence-electron chi connectivity index (χ0n) is 7.32. The molecule has 0 aromatic carbocycles. The molecule has 1 unspecified atom stereocenters. The molecule has 2 fully saturated rings. The van der Waals surface area contributed by atoms with Gasteiger partial charge in [0, 0.05) is 5.92 Å². The number of amides is 1. The monoisotopic (exact) mass is 183 g/mol. The molecule has 0 spiro atoms. The summed E-state index contributed by atoms with van der Waals surface area (Å²) in [5.74, 6) is -0.684. The minimum atomic E-state index is -0.892. The van der Waals surface area contributed by atoms with Crippen LogP contribution >= 0.6 is 0 Å². The fourth-order valence-electron chi connectivity index (χ4n) is 1.43. The summed E-state index contributed by atoms with van der Waals surface area (Å²) >= 11 is 0. The highest BCUT2D eigenvalue weighted by Crippen LogP contribution is 2.34. The summed E-state index contributed by atoms with van der Waals surface area (Å²) in [6.45, 7) is 0. The van der Waals surface area contributed by atoms with Crippen LogP contribution in [0.1, 0.15) is 25.7 Å². The van der Waals surface area contributed by atoms with E-state index in [1.54, 1.807) is 0 Å². The van der Waals surface area contributed by atoms with Gasteiger partial charge in [0.25, 0.3) is 0 Å². The summed E-state index contributed by atoms with van der Waals surface area (Å²) in [6.07, 6.45) is 3.70. The molecule has 13 heavy (non-hydrogen) atoms. The van der Waals surface area contributed by atoms with Crippen LogP contribution in [0.15, 0.2) is 0 Å². The smallest absolute Gasteiger partial charge is 0.326 e. The van der Waals surface area contributed by atoms with Crippen LogP contribution in [0.4, 0.5) is 0 Å². The first-order valence-electron chi connectivity index (χ1n) is 4.71. The summed E-state index contributed by atoms with van der Waals surface area (Å²) in [7, 11) is 0. The number of carbonyl (C=O) groups excluding carboxylic acids is 1. The van der Waals surface area contributed by atoms with Crippen LogP contribution in [0.5, 0.6) is 0 Å². The van der Waals surface area contributed by atoms with Gasteiger partial charge in [-0.3, -0.25) is 4.79 Å². The third kappa shape index (κ3) is 1.99. The molecule has 4 nitrogen and oxygen atoms in total. The maximum Gasteiger partial charge on any atom is 0.326 e. The Morgan fingerprint density at radius 2 is 1.85 bits per heavy atom. The molecule has 2 aliphatic rings. The Kier molecular flexibility index (Phi) is 1.98. The molecule has 1 amide bonds. The van der Waals surface area contributed by atoms with Gasteiger partial charge in [0.05, 0.1) is 0 Å². The number of carboxylic acids is 1. The van der Waals surface area contributed by atoms with E-state index in [2.05, 4.69) is 5.32 Å². The van der Waals surface area contributed by atoms with E-state index < -0.39 is 12.0 Å². The lowest BCUT2D eigenvalue weighted by Crippen LogP contribution is -2.43. The average molecular weight is 183 g/mol. The van der Waals surface area contributed by atoms with Gasteiger partial charge >= 0.3 is 5.97 Å². The fraction of sp³-hybridized carbons (Fsp3) is 0.778. The highest BCUT2D eigenvalue weighted by Gasteiger charge is 2.40. The number of carbonyl (C=O) groups is 2. The molecule has 1 atom stereocenters. The van der Waals surface area contributed by atoms with Gasteiger partial charge in [-0.25, -0.2) is 4.79 Å². The molecular formula is C9H13NO3. The first-order valence-corrected chi connectivity index (χ1v) is 4.71. The fourth-order valence-corrected chi connectivity index (χ4v) is 1.43. The van der Waals surface area contributed by atoms with Crippen molar-refractivity contribution >= 4 is 11.9 Å². The van der Waals surface area contributed by atoms with Crippen molar-refractivity contribution in [2.24, 2.45) is 11.8 Å². The largest absolute Gasteiger partial charge is 0.480 e. The van der Waals surface area contributed by atoms with Gasteiger partial charge in [-0.15, -0.1) is 0 Å². The van der Waals surface area contributed by atoms with Crippen molar-refractivity contribution in [3.8, 4) is 0 Å². The highest BCUT2D eigenvalue weighted by atomic mass is 16.4. The summed E-state index contributed by atoms with van der Waals surface area (Å²) in [4.78, 5) is 22.0. The number of rotatable bonds is 4. The van der Waals surface area contributed by atoms with Crippen molar-refractivity contribution in [1.29, 1.82) is 0 Å². The molecular weight excluding hydrogens is 170 g/mol. The molecule has 2 rings (SSSR count). The lowest BCUT2D eigenvalue weighted by atomic mass is 10.2. The maximum absolute atomic E-state index is 11.3. The molecule has 0 bridgehead atoms. The highest BCUT2D eigenvalue weighted by molar-refractivity contribution is 5.86. The quantitative estimate of drug-likeness (QED) is 0.662. The standard InChI is InChI=1S/C9H13NO3/c11-8(6-3-4-6)10-7(9(12)13)5-1-2-5/h5-7H,1-4H2,(H,10,11)(H,12,13). The number of hydrogen-bond donors (Lipinski definition) is 2. The Labute approximate surface area is 76.3 Å². The van der Waals surface area contributed by atoms with Gasteiger partial charge in [-0.05, 0) is 31.6 Å². The summed E-state index contributed by atoms with van der Waals surface area (Å²) in [6, 6.07) is -0.631. The van der Waals surface area contributed by atoms with Crippen LogP contribution in [0.25, 0.3) is 0 Å². The van der Waals surface area contributed by atoms with Gasteiger partial charge in [0.2, 0.25) is 5.91 Å². The van der Waals surface area contributed by atoms with Gasteiger partial charge in [0.1, 0.15) is 6.04 Å². The molecule has 2 aliphatic carbocycles. The Bertz CT molecular complexity index is 243. The Balaban J connectivity index is 1.87. The van der Waals surface area contributed by atoms with Gasteiger partial charge < -0.3 is 10.4 Å². The zero-order valence-corrected chi connectivity index (χ0v) is 7.32. The van der Waals surface area contributed by atoms with Crippen LogP contribution in [0.2, 0.25) is 0 Å². The third-order valence-electron chi connectivity index (χ3n) is 2.61. The van der Waals surface area contributed by atoms with Crippen molar-refractivity contribution in [2.75, 3.05) is 0 Å². The van der Waals surface area contributed by atoms with Gasteiger partial charge in [-0.2, -0.15) is 0 Å². The normalized spacial score (nSPS) is 23.7. The number of nitrogens with one attached hydrogen (secondary N) is 1. The molecule has 0 saturated heterocycles. The topological polar surface area (TPSA) is 66.4 Å². The van der Waals surface area contributed by atoms with E-state index in [1.165, 1.54) is 0 Å². The minimum Gasteiger partial charge on any atom is -0.480 e. The first-order chi connectivity index (χ1) is 6.18. The van der Waals surface area contributed by atoms with Crippen LogP contribution in [0, 0.1) is 11.8 Å². The summed E-state index contributed by atoms with van der Waals surface area (Å²) in [5, 5.41) is 11.4. The predicted molar refractivity (Wildman–Crippen MR) is 45.0 cm³/mol. The van der Waals surface area contributed by atoms with E-state index in [4.69, 9.17) is 5.11 Å². The van der Waals surface area contributed by atoms with E-state index in [0.717, 1.165) is 25.7 Å². The SMILES string of the molecule is O=C(NC(C(=O)O)C1CC1)C1CC1. The first kappa shape index (κ1) is 8.53. The maximum atomic E-state index is 11.3. The van der Waals surface area contributed by atoms with Crippen LogP contribution in [-0.4, -0.2) is 23.0 Å². The van der Waals surface area contributed by atoms with E-state index in [9.17, 15) is 9.59 Å². The Morgan fingerprint density at radius 3 is 2.23 bits per heavy atom.